The number of ketones is 1. The lowest BCUT2D eigenvalue weighted by atomic mass is 10.2. The maximum atomic E-state index is 12.8. The summed E-state index contributed by atoms with van der Waals surface area (Å²) in [6.07, 6.45) is 0.787. The topological polar surface area (TPSA) is 67.3 Å². The Balaban J connectivity index is 2.81. The first-order valence-corrected chi connectivity index (χ1v) is 3.47. The van der Waals surface area contributed by atoms with Gasteiger partial charge in [-0.25, -0.2) is 9.18 Å². The van der Waals surface area contributed by atoms with E-state index in [1.54, 1.807) is 0 Å². The maximum Gasteiger partial charge on any atom is 0.372 e. The van der Waals surface area contributed by atoms with E-state index in [1.165, 1.54) is 12.3 Å². The van der Waals surface area contributed by atoms with E-state index in [9.17, 15) is 14.0 Å². The third kappa shape index (κ3) is 2.33. The molecule has 1 aromatic rings. The number of carboxylic acid groups (broad SMARTS) is 1. The molecule has 13 heavy (non-hydrogen) atoms. The van der Waals surface area contributed by atoms with Crippen LogP contribution in [-0.4, -0.2) is 21.8 Å². The second-order valence-corrected chi connectivity index (χ2v) is 2.34. The van der Waals surface area contributed by atoms with Gasteiger partial charge in [-0.1, -0.05) is 0 Å². The highest BCUT2D eigenvalue weighted by molar-refractivity contribution is 6.33. The minimum absolute atomic E-state index is 0.144. The minimum atomic E-state index is -1.58. The molecule has 1 N–H and O–H groups in total. The zero-order valence-corrected chi connectivity index (χ0v) is 6.53. The summed E-state index contributed by atoms with van der Waals surface area (Å²) in [4.78, 5) is 24.3. The third-order valence-corrected chi connectivity index (χ3v) is 1.40. The molecule has 68 valence electrons. The van der Waals surface area contributed by atoms with Gasteiger partial charge in [0.1, 0.15) is 5.82 Å². The van der Waals surface area contributed by atoms with E-state index < -0.39 is 24.0 Å². The Hall–Kier alpha value is -1.78. The number of hydrogen-bond acceptors (Lipinski definition) is 3. The van der Waals surface area contributed by atoms with E-state index in [0.29, 0.717) is 0 Å². The van der Waals surface area contributed by atoms with Gasteiger partial charge in [-0.2, -0.15) is 0 Å². The normalized spacial score (nSPS) is 9.62. The van der Waals surface area contributed by atoms with Crippen LogP contribution >= 0.6 is 0 Å². The van der Waals surface area contributed by atoms with Gasteiger partial charge in [0.2, 0.25) is 5.78 Å². The van der Waals surface area contributed by atoms with Crippen molar-refractivity contribution < 1.29 is 19.1 Å². The van der Waals surface area contributed by atoms with Crippen molar-refractivity contribution in [1.29, 1.82) is 0 Å². The van der Waals surface area contributed by atoms with Crippen molar-refractivity contribution >= 4 is 11.8 Å². The quantitative estimate of drug-likeness (QED) is 0.689. The molecular formula is C8H6FNO3. The molecule has 0 spiro atoms. The summed E-state index contributed by atoms with van der Waals surface area (Å²) in [6, 6.07) is 2.49. The van der Waals surface area contributed by atoms with Crippen molar-refractivity contribution in [2.75, 3.05) is 0 Å². The molecule has 1 heterocycles. The molecule has 1 rings (SSSR count). The first-order chi connectivity index (χ1) is 6.11. The van der Waals surface area contributed by atoms with Crippen LogP contribution in [-0.2, 0) is 16.0 Å². The average Bonchev–Trinajstić information content (AvgIpc) is 2.08. The molecule has 0 saturated carbocycles. The highest BCUT2D eigenvalue weighted by Gasteiger charge is 2.15. The Labute approximate surface area is 73.0 Å². The summed E-state index contributed by atoms with van der Waals surface area (Å²) in [6.45, 7) is 0. The molecule has 5 heteroatoms. The molecule has 0 aliphatic carbocycles. The van der Waals surface area contributed by atoms with Gasteiger partial charge in [0.15, 0.2) is 0 Å². The van der Waals surface area contributed by atoms with Crippen molar-refractivity contribution in [1.82, 2.24) is 4.98 Å². The van der Waals surface area contributed by atoms with E-state index in [-0.39, 0.29) is 5.69 Å². The van der Waals surface area contributed by atoms with E-state index >= 15 is 0 Å². The largest absolute Gasteiger partial charge is 0.475 e. The van der Waals surface area contributed by atoms with Crippen LogP contribution in [0.3, 0.4) is 0 Å². The van der Waals surface area contributed by atoms with E-state index in [2.05, 4.69) is 4.98 Å². The predicted octanol–water partition coefficient (Wildman–Crippen LogP) is 0.417. The van der Waals surface area contributed by atoms with Gasteiger partial charge in [-0.15, -0.1) is 0 Å². The molecule has 0 bridgehead atoms. The Bertz CT molecular complexity index is 351. The summed E-state index contributed by atoms with van der Waals surface area (Å²) in [5.41, 5.74) is -0.144. The molecule has 0 saturated heterocycles. The lowest BCUT2D eigenvalue weighted by Gasteiger charge is -1.97. The lowest BCUT2D eigenvalue weighted by molar-refractivity contribution is -0.148. The molecule has 0 atom stereocenters. The number of rotatable bonds is 3. The van der Waals surface area contributed by atoms with Gasteiger partial charge in [0.25, 0.3) is 0 Å². The number of carbonyl (C=O) groups excluding carboxylic acids is 1. The Morgan fingerprint density at radius 3 is 2.77 bits per heavy atom. The molecule has 0 aliphatic rings. The number of nitrogens with zero attached hydrogens (tertiary/aromatic N) is 1. The van der Waals surface area contributed by atoms with Gasteiger partial charge in [-0.3, -0.25) is 9.78 Å². The number of aliphatic carboxylic acids is 1. The van der Waals surface area contributed by atoms with Gasteiger partial charge >= 0.3 is 5.97 Å². The molecule has 1 aromatic heterocycles. The highest BCUT2D eigenvalue weighted by atomic mass is 19.1. The monoisotopic (exact) mass is 183 g/mol. The molecule has 0 radical (unpaired) electrons. The first-order valence-electron chi connectivity index (χ1n) is 3.47. The molecule has 0 aliphatic heterocycles. The predicted molar refractivity (Wildman–Crippen MR) is 40.5 cm³/mol. The van der Waals surface area contributed by atoms with Crippen LogP contribution in [0.5, 0.6) is 0 Å². The average molecular weight is 183 g/mol. The van der Waals surface area contributed by atoms with Crippen molar-refractivity contribution in [2.24, 2.45) is 0 Å². The van der Waals surface area contributed by atoms with Gasteiger partial charge in [0, 0.05) is 6.20 Å². The van der Waals surface area contributed by atoms with Gasteiger partial charge in [-0.05, 0) is 12.1 Å². The molecule has 4 nitrogen and oxygen atoms in total. The summed E-state index contributed by atoms with van der Waals surface area (Å²) < 4.78 is 12.8. The number of pyridine rings is 1. The van der Waals surface area contributed by atoms with Crippen LogP contribution in [0, 0.1) is 5.82 Å². The maximum absolute atomic E-state index is 12.8. The summed E-state index contributed by atoms with van der Waals surface area (Å²) >= 11 is 0. The second kappa shape index (κ2) is 3.75. The third-order valence-electron chi connectivity index (χ3n) is 1.40. The van der Waals surface area contributed by atoms with Crippen LogP contribution < -0.4 is 0 Å². The Morgan fingerprint density at radius 1 is 1.54 bits per heavy atom. The van der Waals surface area contributed by atoms with Crippen molar-refractivity contribution in [3.05, 3.63) is 29.8 Å². The number of aromatic nitrogens is 1. The second-order valence-electron chi connectivity index (χ2n) is 2.34. The van der Waals surface area contributed by atoms with E-state index in [1.807, 2.05) is 0 Å². The molecule has 0 unspecified atom stereocenters. The SMILES string of the molecule is O=C(O)C(=O)Cc1ncccc1F. The summed E-state index contributed by atoms with van der Waals surface area (Å²) in [7, 11) is 0. The van der Waals surface area contributed by atoms with Crippen LogP contribution in [0.15, 0.2) is 18.3 Å². The molecule has 0 amide bonds. The Morgan fingerprint density at radius 2 is 2.23 bits per heavy atom. The molecular weight excluding hydrogens is 177 g/mol. The number of hydrogen-bond donors (Lipinski definition) is 1. The first kappa shape index (κ1) is 9.31. The van der Waals surface area contributed by atoms with E-state index in [4.69, 9.17) is 5.11 Å². The standard InChI is InChI=1S/C8H6FNO3/c9-5-2-1-3-10-6(5)4-7(11)8(12)13/h1-3H,4H2,(H,12,13). The van der Waals surface area contributed by atoms with Gasteiger partial charge < -0.3 is 5.11 Å². The number of carbonyl (C=O) groups is 2. The van der Waals surface area contributed by atoms with Crippen LogP contribution in [0.25, 0.3) is 0 Å². The number of Topliss-reactive ketones (excluding diaryl/α,β-unsaturated/α-hetero) is 1. The Kier molecular flexibility index (Phi) is 2.69. The number of halogens is 1. The van der Waals surface area contributed by atoms with E-state index in [0.717, 1.165) is 6.07 Å². The highest BCUT2D eigenvalue weighted by Crippen LogP contribution is 2.03. The minimum Gasteiger partial charge on any atom is -0.475 e. The van der Waals surface area contributed by atoms with Crippen LogP contribution in [0.4, 0.5) is 4.39 Å². The lowest BCUT2D eigenvalue weighted by Crippen LogP contribution is -2.16. The summed E-state index contributed by atoms with van der Waals surface area (Å²) in [5, 5.41) is 8.23. The fourth-order valence-electron chi connectivity index (χ4n) is 0.776. The van der Waals surface area contributed by atoms with Crippen LogP contribution in [0.1, 0.15) is 5.69 Å². The van der Waals surface area contributed by atoms with Gasteiger partial charge in [0.05, 0.1) is 12.1 Å². The van der Waals surface area contributed by atoms with Crippen molar-refractivity contribution in [3.8, 4) is 0 Å². The smallest absolute Gasteiger partial charge is 0.372 e. The number of carboxylic acids is 1. The van der Waals surface area contributed by atoms with Crippen molar-refractivity contribution in [3.63, 3.8) is 0 Å². The van der Waals surface area contributed by atoms with Crippen LogP contribution in [0.2, 0.25) is 0 Å². The van der Waals surface area contributed by atoms with Crippen molar-refractivity contribution in [2.45, 2.75) is 6.42 Å². The molecule has 0 aromatic carbocycles. The zero-order valence-electron chi connectivity index (χ0n) is 6.53. The fourth-order valence-corrected chi connectivity index (χ4v) is 0.776. The zero-order chi connectivity index (χ0) is 9.84. The molecule has 0 fully saturated rings. The summed E-state index contributed by atoms with van der Waals surface area (Å²) in [5.74, 6) is -3.32. The fraction of sp³-hybridized carbons (Fsp3) is 0.125.